The van der Waals surface area contributed by atoms with E-state index in [0.717, 1.165) is 5.56 Å². The maximum Gasteiger partial charge on any atom is 0.307 e. The Kier molecular flexibility index (Phi) is 5.12. The van der Waals surface area contributed by atoms with E-state index >= 15 is 0 Å². The van der Waals surface area contributed by atoms with E-state index in [4.69, 9.17) is 9.84 Å². The van der Waals surface area contributed by atoms with Gasteiger partial charge in [0.05, 0.1) is 25.0 Å². The second-order valence-corrected chi connectivity index (χ2v) is 4.96. The van der Waals surface area contributed by atoms with Gasteiger partial charge in [-0.25, -0.2) is 0 Å². The fourth-order valence-corrected chi connectivity index (χ4v) is 2.25. The molecule has 20 heavy (non-hydrogen) atoms. The van der Waals surface area contributed by atoms with Gasteiger partial charge in [-0.1, -0.05) is 30.3 Å². The van der Waals surface area contributed by atoms with Gasteiger partial charge >= 0.3 is 5.97 Å². The highest BCUT2D eigenvalue weighted by atomic mass is 16.5. The molecule has 5 nitrogen and oxygen atoms in total. The number of carboxylic acids is 1. The Bertz CT molecular complexity index is 460. The van der Waals surface area contributed by atoms with Crippen LogP contribution in [0.5, 0.6) is 0 Å². The third-order valence-corrected chi connectivity index (χ3v) is 3.59. The molecule has 0 heterocycles. The first-order valence-corrected chi connectivity index (χ1v) is 6.80. The fourth-order valence-electron chi connectivity index (χ4n) is 2.25. The van der Waals surface area contributed by atoms with Crippen LogP contribution in [-0.2, 0) is 20.9 Å². The summed E-state index contributed by atoms with van der Waals surface area (Å²) in [5, 5.41) is 11.6. The zero-order chi connectivity index (χ0) is 14.4. The Morgan fingerprint density at radius 2 is 1.90 bits per heavy atom. The molecule has 2 rings (SSSR count). The maximum atomic E-state index is 11.7. The highest BCUT2D eigenvalue weighted by Gasteiger charge is 2.41. The number of hydrogen-bond donors (Lipinski definition) is 2. The summed E-state index contributed by atoms with van der Waals surface area (Å²) in [7, 11) is 0. The molecule has 1 aliphatic rings. The summed E-state index contributed by atoms with van der Waals surface area (Å²) in [5.74, 6) is -1.94. The molecule has 1 aromatic rings. The number of nitrogens with one attached hydrogen (secondary N) is 1. The van der Waals surface area contributed by atoms with Crippen LogP contribution < -0.4 is 5.32 Å². The van der Waals surface area contributed by atoms with Crippen molar-refractivity contribution < 1.29 is 19.4 Å². The predicted molar refractivity (Wildman–Crippen MR) is 73.0 cm³/mol. The van der Waals surface area contributed by atoms with Crippen molar-refractivity contribution in [3.8, 4) is 0 Å². The molecular formula is C15H19NO4. The first-order valence-electron chi connectivity index (χ1n) is 6.80. The molecule has 0 saturated heterocycles. The van der Waals surface area contributed by atoms with Crippen LogP contribution in [0.1, 0.15) is 18.4 Å². The van der Waals surface area contributed by atoms with Crippen LogP contribution in [0.4, 0.5) is 0 Å². The molecule has 0 bridgehead atoms. The normalized spacial score (nSPS) is 21.0. The van der Waals surface area contributed by atoms with Gasteiger partial charge in [-0.2, -0.15) is 0 Å². The van der Waals surface area contributed by atoms with Crippen LogP contribution in [0.3, 0.4) is 0 Å². The average Bonchev–Trinajstić information content (AvgIpc) is 2.37. The van der Waals surface area contributed by atoms with Crippen molar-refractivity contribution in [3.05, 3.63) is 35.9 Å². The minimum atomic E-state index is -0.878. The van der Waals surface area contributed by atoms with Gasteiger partial charge in [-0.15, -0.1) is 0 Å². The standard InChI is InChI=1S/C15H19NO4/c17-14(12-6-7-13(12)15(18)19)16-8-9-20-10-11-4-2-1-3-5-11/h1-5,12-13H,6-10H2,(H,16,17)(H,18,19). The molecule has 0 spiro atoms. The third-order valence-electron chi connectivity index (χ3n) is 3.59. The van der Waals surface area contributed by atoms with Gasteiger partial charge < -0.3 is 15.2 Å². The van der Waals surface area contributed by atoms with Crippen molar-refractivity contribution in [1.82, 2.24) is 5.32 Å². The molecular weight excluding hydrogens is 258 g/mol. The van der Waals surface area contributed by atoms with Gasteiger partial charge in [0.15, 0.2) is 0 Å². The van der Waals surface area contributed by atoms with Crippen LogP contribution in [-0.4, -0.2) is 30.1 Å². The largest absolute Gasteiger partial charge is 0.481 e. The molecule has 0 aliphatic heterocycles. The quantitative estimate of drug-likeness (QED) is 0.739. The zero-order valence-electron chi connectivity index (χ0n) is 11.2. The first-order chi connectivity index (χ1) is 9.68. The fraction of sp³-hybridized carbons (Fsp3) is 0.467. The van der Waals surface area contributed by atoms with E-state index in [1.54, 1.807) is 0 Å². The number of ether oxygens (including phenoxy) is 1. The Labute approximate surface area is 117 Å². The molecule has 2 unspecified atom stereocenters. The van der Waals surface area contributed by atoms with Crippen LogP contribution in [0.2, 0.25) is 0 Å². The number of amides is 1. The molecule has 0 radical (unpaired) electrons. The second-order valence-electron chi connectivity index (χ2n) is 4.96. The summed E-state index contributed by atoms with van der Waals surface area (Å²) in [6.07, 6.45) is 1.26. The van der Waals surface area contributed by atoms with E-state index in [-0.39, 0.29) is 11.8 Å². The number of hydrogen-bond acceptors (Lipinski definition) is 3. The molecule has 1 saturated carbocycles. The van der Waals surface area contributed by atoms with Gasteiger partial charge in [0, 0.05) is 6.54 Å². The number of rotatable bonds is 7. The molecule has 1 aliphatic carbocycles. The topological polar surface area (TPSA) is 75.6 Å². The molecule has 0 aromatic heterocycles. The van der Waals surface area contributed by atoms with Gasteiger partial charge in [0.2, 0.25) is 5.91 Å². The van der Waals surface area contributed by atoms with Crippen LogP contribution in [0, 0.1) is 11.8 Å². The molecule has 108 valence electrons. The predicted octanol–water partition coefficient (Wildman–Crippen LogP) is 1.43. The van der Waals surface area contributed by atoms with E-state index in [1.165, 1.54) is 0 Å². The Balaban J connectivity index is 1.59. The summed E-state index contributed by atoms with van der Waals surface area (Å²) < 4.78 is 5.44. The monoisotopic (exact) mass is 277 g/mol. The molecule has 1 amide bonds. The second kappa shape index (κ2) is 7.05. The lowest BCUT2D eigenvalue weighted by molar-refractivity contribution is -0.152. The summed E-state index contributed by atoms with van der Waals surface area (Å²) in [4.78, 5) is 22.6. The summed E-state index contributed by atoms with van der Waals surface area (Å²) in [6, 6.07) is 9.79. The lowest BCUT2D eigenvalue weighted by atomic mass is 9.73. The number of carboxylic acid groups (broad SMARTS) is 1. The van der Waals surface area contributed by atoms with Crippen molar-refractivity contribution in [2.45, 2.75) is 19.4 Å². The van der Waals surface area contributed by atoms with Gasteiger partial charge in [-0.3, -0.25) is 9.59 Å². The van der Waals surface area contributed by atoms with E-state index < -0.39 is 11.9 Å². The van der Waals surface area contributed by atoms with Crippen molar-refractivity contribution >= 4 is 11.9 Å². The van der Waals surface area contributed by atoms with E-state index in [0.29, 0.717) is 32.6 Å². The van der Waals surface area contributed by atoms with Crippen LogP contribution >= 0.6 is 0 Å². The maximum absolute atomic E-state index is 11.7. The highest BCUT2D eigenvalue weighted by Crippen LogP contribution is 2.34. The smallest absolute Gasteiger partial charge is 0.307 e. The van der Waals surface area contributed by atoms with Crippen molar-refractivity contribution in [3.63, 3.8) is 0 Å². The molecule has 5 heteroatoms. The lowest BCUT2D eigenvalue weighted by Crippen LogP contribution is -2.44. The van der Waals surface area contributed by atoms with Gasteiger partial charge in [0.1, 0.15) is 0 Å². The zero-order valence-corrected chi connectivity index (χ0v) is 11.2. The number of benzene rings is 1. The Morgan fingerprint density at radius 3 is 2.50 bits per heavy atom. The van der Waals surface area contributed by atoms with Gasteiger partial charge in [0.25, 0.3) is 0 Å². The number of aliphatic carboxylic acids is 1. The summed E-state index contributed by atoms with van der Waals surface area (Å²) in [5.41, 5.74) is 1.09. The highest BCUT2D eigenvalue weighted by molar-refractivity contribution is 5.86. The van der Waals surface area contributed by atoms with Crippen molar-refractivity contribution in [2.75, 3.05) is 13.2 Å². The van der Waals surface area contributed by atoms with Crippen molar-refractivity contribution in [1.29, 1.82) is 0 Å². The van der Waals surface area contributed by atoms with E-state index in [9.17, 15) is 9.59 Å². The Morgan fingerprint density at radius 1 is 1.20 bits per heavy atom. The van der Waals surface area contributed by atoms with Gasteiger partial charge in [-0.05, 0) is 18.4 Å². The first kappa shape index (κ1) is 14.5. The van der Waals surface area contributed by atoms with Crippen LogP contribution in [0.25, 0.3) is 0 Å². The van der Waals surface area contributed by atoms with E-state index in [1.807, 2.05) is 30.3 Å². The Hall–Kier alpha value is -1.88. The lowest BCUT2D eigenvalue weighted by Gasteiger charge is -2.31. The summed E-state index contributed by atoms with van der Waals surface area (Å²) in [6.45, 7) is 1.34. The molecule has 2 N–H and O–H groups in total. The van der Waals surface area contributed by atoms with Crippen LogP contribution in [0.15, 0.2) is 30.3 Å². The minimum absolute atomic E-state index is 0.174. The third kappa shape index (κ3) is 3.81. The number of carbonyl (C=O) groups excluding carboxylic acids is 1. The molecule has 1 aromatic carbocycles. The summed E-state index contributed by atoms with van der Waals surface area (Å²) >= 11 is 0. The average molecular weight is 277 g/mol. The number of carbonyl (C=O) groups is 2. The minimum Gasteiger partial charge on any atom is -0.481 e. The molecule has 1 fully saturated rings. The van der Waals surface area contributed by atoms with E-state index in [2.05, 4.69) is 5.32 Å². The van der Waals surface area contributed by atoms with Crippen molar-refractivity contribution in [2.24, 2.45) is 11.8 Å². The molecule has 2 atom stereocenters. The SMILES string of the molecule is O=C(O)C1CCC1C(=O)NCCOCc1ccccc1.